The van der Waals surface area contributed by atoms with Crippen molar-refractivity contribution in [3.8, 4) is 5.75 Å². The van der Waals surface area contributed by atoms with Gasteiger partial charge in [-0.1, -0.05) is 35.8 Å². The van der Waals surface area contributed by atoms with Crippen molar-refractivity contribution in [2.75, 3.05) is 11.5 Å². The van der Waals surface area contributed by atoms with Crippen molar-refractivity contribution in [3.05, 3.63) is 82.1 Å². The summed E-state index contributed by atoms with van der Waals surface area (Å²) in [4.78, 5) is 27.3. The van der Waals surface area contributed by atoms with Gasteiger partial charge in [0, 0.05) is 16.7 Å². The van der Waals surface area contributed by atoms with Crippen LogP contribution >= 0.6 is 11.6 Å². The maximum Gasteiger partial charge on any atom is 0.301 e. The summed E-state index contributed by atoms with van der Waals surface area (Å²) in [6.45, 7) is 4.27. The van der Waals surface area contributed by atoms with Crippen LogP contribution < -0.4 is 9.64 Å². The number of rotatable bonds is 6. The molecule has 3 aromatic rings. The maximum atomic E-state index is 13.1. The molecule has 0 spiro atoms. The molecule has 7 nitrogen and oxygen atoms in total. The third kappa shape index (κ3) is 3.99. The molecular weight excluding hydrogens is 432 g/mol. The molecule has 0 radical (unpaired) electrons. The second-order valence-corrected chi connectivity index (χ2v) is 7.83. The van der Waals surface area contributed by atoms with Gasteiger partial charge in [-0.15, -0.1) is 0 Å². The Morgan fingerprint density at radius 1 is 1.16 bits per heavy atom. The lowest BCUT2D eigenvalue weighted by Gasteiger charge is -2.22. The van der Waals surface area contributed by atoms with E-state index in [9.17, 15) is 14.7 Å². The Hall–Kier alpha value is -3.58. The molecule has 2 heterocycles. The molecule has 32 heavy (non-hydrogen) atoms. The molecule has 1 saturated heterocycles. The van der Waals surface area contributed by atoms with E-state index in [0.29, 0.717) is 34.3 Å². The van der Waals surface area contributed by atoms with E-state index in [1.165, 1.54) is 4.90 Å². The fourth-order valence-corrected chi connectivity index (χ4v) is 3.71. The Kier molecular flexibility index (Phi) is 6.01. The molecule has 1 amide bonds. The molecule has 2 aromatic carbocycles. The second-order valence-electron chi connectivity index (χ2n) is 7.39. The van der Waals surface area contributed by atoms with Gasteiger partial charge in [0.1, 0.15) is 17.3 Å². The quantitative estimate of drug-likeness (QED) is 0.319. The van der Waals surface area contributed by atoms with Crippen LogP contribution in [0.2, 0.25) is 5.02 Å². The molecule has 1 aliphatic heterocycles. The Morgan fingerprint density at radius 2 is 1.84 bits per heavy atom. The first kappa shape index (κ1) is 21.6. The number of anilines is 1. The summed E-state index contributed by atoms with van der Waals surface area (Å²) in [7, 11) is 0. The highest BCUT2D eigenvalue weighted by Crippen LogP contribution is 2.42. The fraction of sp³-hybridized carbons (Fsp3) is 0.208. The van der Waals surface area contributed by atoms with Gasteiger partial charge < -0.3 is 14.4 Å². The number of ketones is 1. The highest BCUT2D eigenvalue weighted by Gasteiger charge is 2.48. The number of ether oxygens (including phenoxy) is 1. The number of benzene rings is 2. The van der Waals surface area contributed by atoms with Gasteiger partial charge in [0.15, 0.2) is 5.82 Å². The van der Waals surface area contributed by atoms with Crippen molar-refractivity contribution >= 4 is 34.9 Å². The van der Waals surface area contributed by atoms with Gasteiger partial charge in [0.05, 0.1) is 18.2 Å². The van der Waals surface area contributed by atoms with Gasteiger partial charge >= 0.3 is 5.91 Å². The molecule has 4 rings (SSSR count). The summed E-state index contributed by atoms with van der Waals surface area (Å²) in [5.41, 5.74) is 0.945. The van der Waals surface area contributed by atoms with Crippen LogP contribution in [0.3, 0.4) is 0 Å². The average molecular weight is 453 g/mol. The van der Waals surface area contributed by atoms with Gasteiger partial charge in [0.25, 0.3) is 5.78 Å². The van der Waals surface area contributed by atoms with E-state index in [2.05, 4.69) is 5.16 Å². The molecule has 1 unspecified atom stereocenters. The molecule has 8 heteroatoms. The molecule has 164 valence electrons. The fourth-order valence-electron chi connectivity index (χ4n) is 3.58. The first-order valence-electron chi connectivity index (χ1n) is 10.1. The Bertz CT molecular complexity index is 1180. The van der Waals surface area contributed by atoms with Crippen LogP contribution in [0.15, 0.2) is 64.7 Å². The van der Waals surface area contributed by atoms with Crippen LogP contribution in [0.25, 0.3) is 5.76 Å². The zero-order valence-electron chi connectivity index (χ0n) is 17.5. The van der Waals surface area contributed by atoms with Crippen molar-refractivity contribution in [3.63, 3.8) is 0 Å². The topological polar surface area (TPSA) is 92.9 Å². The Labute approximate surface area is 189 Å². The van der Waals surface area contributed by atoms with E-state index in [1.807, 2.05) is 6.92 Å². The standard InChI is InChI=1S/C24H21ClN2O5/c1-3-12-31-18-10-6-16(7-11-18)22(28)20-21(15-4-8-17(25)9-5-15)27(24(30)23(20)29)19-13-14(2)32-26-19/h4-11,13,21,28H,3,12H2,1-2H3. The SMILES string of the molecule is CCCOc1ccc(C(O)=C2C(=O)C(=O)N(c3cc(C)on3)C2c2ccc(Cl)cc2)cc1. The predicted molar refractivity (Wildman–Crippen MR) is 120 cm³/mol. The van der Waals surface area contributed by atoms with Gasteiger partial charge in [-0.2, -0.15) is 0 Å². The molecule has 1 aromatic heterocycles. The smallest absolute Gasteiger partial charge is 0.301 e. The summed E-state index contributed by atoms with van der Waals surface area (Å²) in [6, 6.07) is 14.1. The highest BCUT2D eigenvalue weighted by atomic mass is 35.5. The predicted octanol–water partition coefficient (Wildman–Crippen LogP) is 5.05. The van der Waals surface area contributed by atoms with Crippen molar-refractivity contribution in [2.24, 2.45) is 0 Å². The van der Waals surface area contributed by atoms with Gasteiger partial charge in [-0.05, 0) is 55.3 Å². The monoisotopic (exact) mass is 452 g/mol. The Morgan fingerprint density at radius 3 is 2.44 bits per heavy atom. The van der Waals surface area contributed by atoms with E-state index in [-0.39, 0.29) is 17.2 Å². The number of hydrogen-bond acceptors (Lipinski definition) is 6. The van der Waals surface area contributed by atoms with E-state index in [1.54, 1.807) is 61.5 Å². The molecule has 1 atom stereocenters. The molecule has 0 bridgehead atoms. The van der Waals surface area contributed by atoms with Crippen LogP contribution in [-0.4, -0.2) is 28.6 Å². The number of nitrogens with zero attached hydrogens (tertiary/aromatic N) is 2. The zero-order valence-corrected chi connectivity index (χ0v) is 18.3. The minimum atomic E-state index is -0.896. The number of carbonyl (C=O) groups is 2. The molecule has 0 saturated carbocycles. The zero-order chi connectivity index (χ0) is 22.8. The number of carbonyl (C=O) groups excluding carboxylic acids is 2. The lowest BCUT2D eigenvalue weighted by Crippen LogP contribution is -2.29. The summed E-state index contributed by atoms with van der Waals surface area (Å²) in [6.07, 6.45) is 0.869. The molecular formula is C24H21ClN2O5. The van der Waals surface area contributed by atoms with Gasteiger partial charge in [-0.25, -0.2) is 0 Å². The van der Waals surface area contributed by atoms with E-state index in [4.69, 9.17) is 20.9 Å². The molecule has 1 N–H and O–H groups in total. The van der Waals surface area contributed by atoms with Crippen molar-refractivity contribution in [2.45, 2.75) is 26.3 Å². The van der Waals surface area contributed by atoms with Gasteiger partial charge in [0.2, 0.25) is 0 Å². The largest absolute Gasteiger partial charge is 0.507 e. The minimum absolute atomic E-state index is 0.0415. The lowest BCUT2D eigenvalue weighted by molar-refractivity contribution is -0.132. The Balaban J connectivity index is 1.83. The summed E-state index contributed by atoms with van der Waals surface area (Å²) >= 11 is 6.03. The molecule has 0 aliphatic carbocycles. The van der Waals surface area contributed by atoms with Crippen molar-refractivity contribution in [1.82, 2.24) is 5.16 Å². The minimum Gasteiger partial charge on any atom is -0.507 e. The lowest BCUT2D eigenvalue weighted by atomic mass is 9.95. The van der Waals surface area contributed by atoms with Crippen LogP contribution in [0.5, 0.6) is 5.75 Å². The van der Waals surface area contributed by atoms with E-state index >= 15 is 0 Å². The average Bonchev–Trinajstić information content (AvgIpc) is 3.33. The number of aliphatic hydroxyl groups is 1. The number of hydrogen-bond donors (Lipinski definition) is 1. The number of halogens is 1. The van der Waals surface area contributed by atoms with E-state index < -0.39 is 17.7 Å². The second kappa shape index (κ2) is 8.88. The van der Waals surface area contributed by atoms with Crippen LogP contribution in [0, 0.1) is 6.92 Å². The highest BCUT2D eigenvalue weighted by molar-refractivity contribution is 6.51. The maximum absolute atomic E-state index is 13.1. The summed E-state index contributed by atoms with van der Waals surface area (Å²) < 4.78 is 10.7. The number of aryl methyl sites for hydroxylation is 1. The van der Waals surface area contributed by atoms with Crippen LogP contribution in [0.1, 0.15) is 36.3 Å². The number of aliphatic hydroxyl groups excluding tert-OH is 1. The molecule has 1 aliphatic rings. The van der Waals surface area contributed by atoms with Crippen LogP contribution in [-0.2, 0) is 9.59 Å². The number of aromatic nitrogens is 1. The molecule has 1 fully saturated rings. The number of Topliss-reactive ketones (excluding diaryl/α,β-unsaturated/α-hetero) is 1. The third-order valence-corrected chi connectivity index (χ3v) is 5.35. The normalized spacial score (nSPS) is 17.7. The third-order valence-electron chi connectivity index (χ3n) is 5.09. The van der Waals surface area contributed by atoms with Gasteiger partial charge in [-0.3, -0.25) is 14.5 Å². The summed E-state index contributed by atoms with van der Waals surface area (Å²) in [5, 5.41) is 15.5. The van der Waals surface area contributed by atoms with Crippen molar-refractivity contribution < 1.29 is 24.0 Å². The van der Waals surface area contributed by atoms with E-state index in [0.717, 1.165) is 6.42 Å². The summed E-state index contributed by atoms with van der Waals surface area (Å²) in [5.74, 6) is -0.576. The van der Waals surface area contributed by atoms with Crippen LogP contribution in [0.4, 0.5) is 5.82 Å². The first-order chi connectivity index (χ1) is 15.4. The first-order valence-corrected chi connectivity index (χ1v) is 10.5. The van der Waals surface area contributed by atoms with Crippen molar-refractivity contribution in [1.29, 1.82) is 0 Å². The number of amides is 1.